The lowest BCUT2D eigenvalue weighted by molar-refractivity contribution is -0.144. The molecule has 0 radical (unpaired) electrons. The van der Waals surface area contributed by atoms with Gasteiger partial charge < -0.3 is 9.88 Å². The van der Waals surface area contributed by atoms with Gasteiger partial charge in [-0.3, -0.25) is 9.59 Å². The Balaban J connectivity index is 2.05. The first-order valence-electron chi connectivity index (χ1n) is 6.14. The standard InChI is InChI=1S/C13H19N3O2/c1-8-14-10(5-11(17)15-8)9-6-16(7-9)12(18)13(2,3)4/h5,9H,6-7H2,1-4H3,(H,14,15,17). The molecule has 1 saturated heterocycles. The molecule has 5 heteroatoms. The lowest BCUT2D eigenvalue weighted by Crippen LogP contribution is -2.52. The molecular weight excluding hydrogens is 230 g/mol. The van der Waals surface area contributed by atoms with Crippen LogP contribution in [0.1, 0.15) is 38.2 Å². The molecule has 0 saturated carbocycles. The highest BCUT2D eigenvalue weighted by molar-refractivity contribution is 5.82. The molecule has 1 amide bonds. The molecule has 0 aliphatic carbocycles. The van der Waals surface area contributed by atoms with E-state index >= 15 is 0 Å². The minimum Gasteiger partial charge on any atom is -0.341 e. The van der Waals surface area contributed by atoms with Gasteiger partial charge in [0.2, 0.25) is 5.91 Å². The van der Waals surface area contributed by atoms with Gasteiger partial charge >= 0.3 is 0 Å². The van der Waals surface area contributed by atoms with Crippen molar-refractivity contribution in [2.24, 2.45) is 5.41 Å². The van der Waals surface area contributed by atoms with Crippen molar-refractivity contribution >= 4 is 5.91 Å². The zero-order chi connectivity index (χ0) is 13.5. The number of aromatic nitrogens is 2. The van der Waals surface area contributed by atoms with Crippen LogP contribution in [0.4, 0.5) is 0 Å². The molecule has 1 aliphatic heterocycles. The van der Waals surface area contributed by atoms with Crippen LogP contribution in [0.15, 0.2) is 10.9 Å². The summed E-state index contributed by atoms with van der Waals surface area (Å²) < 4.78 is 0. The van der Waals surface area contributed by atoms with Crippen molar-refractivity contribution in [2.45, 2.75) is 33.6 Å². The lowest BCUT2D eigenvalue weighted by atomic mass is 9.89. The van der Waals surface area contributed by atoms with Crippen molar-refractivity contribution in [1.82, 2.24) is 14.9 Å². The van der Waals surface area contributed by atoms with E-state index in [4.69, 9.17) is 0 Å². The first-order chi connectivity index (χ1) is 8.27. The van der Waals surface area contributed by atoms with E-state index in [2.05, 4.69) is 9.97 Å². The van der Waals surface area contributed by atoms with E-state index in [1.54, 1.807) is 6.92 Å². The number of aromatic amines is 1. The van der Waals surface area contributed by atoms with Crippen LogP contribution in [-0.4, -0.2) is 33.9 Å². The van der Waals surface area contributed by atoms with Crippen LogP contribution < -0.4 is 5.56 Å². The number of hydrogen-bond donors (Lipinski definition) is 1. The minimum atomic E-state index is -0.345. The number of hydrogen-bond acceptors (Lipinski definition) is 3. The van der Waals surface area contributed by atoms with Gasteiger partial charge in [-0.1, -0.05) is 20.8 Å². The number of likely N-dealkylation sites (tertiary alicyclic amines) is 1. The normalized spacial score (nSPS) is 16.6. The second-order valence-electron chi connectivity index (χ2n) is 5.91. The molecule has 0 unspecified atom stereocenters. The summed E-state index contributed by atoms with van der Waals surface area (Å²) in [5.74, 6) is 0.968. The Morgan fingerprint density at radius 3 is 2.56 bits per heavy atom. The number of rotatable bonds is 1. The van der Waals surface area contributed by atoms with E-state index in [0.29, 0.717) is 18.9 Å². The Bertz CT molecular complexity index is 522. The SMILES string of the molecule is Cc1nc(C2CN(C(=O)C(C)(C)C)C2)cc(=O)[nH]1. The maximum Gasteiger partial charge on any atom is 0.251 e. The average Bonchev–Trinajstić information content (AvgIpc) is 2.11. The molecular formula is C13H19N3O2. The number of carbonyl (C=O) groups excluding carboxylic acids is 1. The molecule has 0 aromatic carbocycles. The number of nitrogens with zero attached hydrogens (tertiary/aromatic N) is 2. The van der Waals surface area contributed by atoms with Gasteiger partial charge in [0, 0.05) is 30.5 Å². The van der Waals surface area contributed by atoms with E-state index in [9.17, 15) is 9.59 Å². The maximum absolute atomic E-state index is 12.0. The van der Waals surface area contributed by atoms with E-state index in [0.717, 1.165) is 5.69 Å². The zero-order valence-corrected chi connectivity index (χ0v) is 11.3. The fraction of sp³-hybridized carbons (Fsp3) is 0.615. The topological polar surface area (TPSA) is 66.1 Å². The van der Waals surface area contributed by atoms with Gasteiger partial charge in [0.25, 0.3) is 5.56 Å². The van der Waals surface area contributed by atoms with Crippen molar-refractivity contribution < 1.29 is 4.79 Å². The fourth-order valence-electron chi connectivity index (χ4n) is 2.12. The molecule has 1 fully saturated rings. The molecule has 98 valence electrons. The van der Waals surface area contributed by atoms with Gasteiger partial charge in [0.15, 0.2) is 0 Å². The summed E-state index contributed by atoms with van der Waals surface area (Å²) >= 11 is 0. The summed E-state index contributed by atoms with van der Waals surface area (Å²) in [5.41, 5.74) is 0.315. The second kappa shape index (κ2) is 4.23. The number of amides is 1. The van der Waals surface area contributed by atoms with Crippen LogP contribution >= 0.6 is 0 Å². The van der Waals surface area contributed by atoms with E-state index in [1.165, 1.54) is 6.07 Å². The van der Waals surface area contributed by atoms with Gasteiger partial charge in [-0.05, 0) is 6.92 Å². The molecule has 1 aliphatic rings. The number of nitrogens with one attached hydrogen (secondary N) is 1. The summed E-state index contributed by atoms with van der Waals surface area (Å²) in [6.45, 7) is 8.83. The second-order valence-corrected chi connectivity index (χ2v) is 5.91. The summed E-state index contributed by atoms with van der Waals surface area (Å²) in [6, 6.07) is 1.52. The fourth-order valence-corrected chi connectivity index (χ4v) is 2.12. The molecule has 18 heavy (non-hydrogen) atoms. The summed E-state index contributed by atoms with van der Waals surface area (Å²) in [7, 11) is 0. The summed E-state index contributed by atoms with van der Waals surface area (Å²) in [5, 5.41) is 0. The molecule has 0 bridgehead atoms. The van der Waals surface area contributed by atoms with Crippen LogP contribution in [0, 0.1) is 12.3 Å². The van der Waals surface area contributed by atoms with E-state index in [-0.39, 0.29) is 22.8 Å². The third kappa shape index (κ3) is 2.44. The maximum atomic E-state index is 12.0. The molecule has 2 heterocycles. The van der Waals surface area contributed by atoms with E-state index in [1.807, 2.05) is 25.7 Å². The van der Waals surface area contributed by atoms with Crippen LogP contribution in [0.2, 0.25) is 0 Å². The quantitative estimate of drug-likeness (QED) is 0.809. The summed E-state index contributed by atoms with van der Waals surface area (Å²) in [4.78, 5) is 32.1. The van der Waals surface area contributed by atoms with Crippen LogP contribution in [0.5, 0.6) is 0 Å². The monoisotopic (exact) mass is 249 g/mol. The molecule has 0 atom stereocenters. The van der Waals surface area contributed by atoms with Crippen molar-refractivity contribution in [3.63, 3.8) is 0 Å². The van der Waals surface area contributed by atoms with E-state index < -0.39 is 0 Å². The first-order valence-corrected chi connectivity index (χ1v) is 6.14. The zero-order valence-electron chi connectivity index (χ0n) is 11.3. The van der Waals surface area contributed by atoms with Gasteiger partial charge in [0.05, 0.1) is 5.69 Å². The molecule has 2 rings (SSSR count). The molecule has 5 nitrogen and oxygen atoms in total. The molecule has 0 spiro atoms. The van der Waals surface area contributed by atoms with Gasteiger partial charge in [-0.15, -0.1) is 0 Å². The van der Waals surface area contributed by atoms with Gasteiger partial charge in [0.1, 0.15) is 5.82 Å². The van der Waals surface area contributed by atoms with Crippen molar-refractivity contribution in [3.05, 3.63) is 27.9 Å². The van der Waals surface area contributed by atoms with Crippen LogP contribution in [-0.2, 0) is 4.79 Å². The van der Waals surface area contributed by atoms with Crippen LogP contribution in [0.25, 0.3) is 0 Å². The highest BCUT2D eigenvalue weighted by atomic mass is 16.2. The highest BCUT2D eigenvalue weighted by Crippen LogP contribution is 2.29. The predicted molar refractivity (Wildman–Crippen MR) is 68.4 cm³/mol. The smallest absolute Gasteiger partial charge is 0.251 e. The van der Waals surface area contributed by atoms with Crippen molar-refractivity contribution in [1.29, 1.82) is 0 Å². The molecule has 1 aromatic rings. The Kier molecular flexibility index (Phi) is 3.00. The summed E-state index contributed by atoms with van der Waals surface area (Å²) in [6.07, 6.45) is 0. The third-order valence-electron chi connectivity index (χ3n) is 3.11. The Morgan fingerprint density at radius 2 is 2.06 bits per heavy atom. The molecule has 1 N–H and O–H groups in total. The Morgan fingerprint density at radius 1 is 1.44 bits per heavy atom. The first kappa shape index (κ1) is 12.8. The number of H-pyrrole nitrogens is 1. The molecule has 1 aromatic heterocycles. The predicted octanol–water partition coefficient (Wildman–Crippen LogP) is 1.05. The average molecular weight is 249 g/mol. The van der Waals surface area contributed by atoms with Crippen molar-refractivity contribution in [2.75, 3.05) is 13.1 Å². The largest absolute Gasteiger partial charge is 0.341 e. The Labute approximate surface area is 106 Å². The van der Waals surface area contributed by atoms with Gasteiger partial charge in [-0.25, -0.2) is 4.98 Å². The third-order valence-corrected chi connectivity index (χ3v) is 3.11. The number of carbonyl (C=O) groups is 1. The van der Waals surface area contributed by atoms with Crippen LogP contribution in [0.3, 0.4) is 0 Å². The van der Waals surface area contributed by atoms with Crippen molar-refractivity contribution in [3.8, 4) is 0 Å². The lowest BCUT2D eigenvalue weighted by Gasteiger charge is -2.42. The van der Waals surface area contributed by atoms with Gasteiger partial charge in [-0.2, -0.15) is 0 Å². The minimum absolute atomic E-state index is 0.127. The Hall–Kier alpha value is -1.65. The number of aryl methyl sites for hydroxylation is 1. The highest BCUT2D eigenvalue weighted by Gasteiger charge is 2.37.